The van der Waals surface area contributed by atoms with Crippen LogP contribution in [0.25, 0.3) is 10.9 Å². The van der Waals surface area contributed by atoms with Crippen molar-refractivity contribution in [1.82, 2.24) is 9.88 Å². The van der Waals surface area contributed by atoms with E-state index in [4.69, 9.17) is 11.6 Å². The normalized spacial score (nSPS) is 10.7. The number of aromatic nitrogens is 1. The third-order valence-electron chi connectivity index (χ3n) is 3.07. The zero-order valence-corrected chi connectivity index (χ0v) is 11.9. The summed E-state index contributed by atoms with van der Waals surface area (Å²) in [4.78, 5) is 18.3. The molecule has 0 saturated heterocycles. The van der Waals surface area contributed by atoms with Gasteiger partial charge in [-0.3, -0.25) is 4.79 Å². The summed E-state index contributed by atoms with van der Waals surface area (Å²) in [7, 11) is 1.81. The number of pyridine rings is 1. The Morgan fingerprint density at radius 2 is 2.05 bits per heavy atom. The molecular formula is C15H17ClN2O. The molecule has 0 fully saturated rings. The first kappa shape index (κ1) is 13.8. The Balaban J connectivity index is 2.27. The molecule has 0 saturated carbocycles. The average Bonchev–Trinajstić information content (AvgIpc) is 2.43. The van der Waals surface area contributed by atoms with Gasteiger partial charge >= 0.3 is 0 Å². The number of unbranched alkanes of at least 4 members (excludes halogenated alkanes) is 1. The Hall–Kier alpha value is -1.61. The number of hydrogen-bond acceptors (Lipinski definition) is 2. The Labute approximate surface area is 118 Å². The SMILES string of the molecule is CCCCN(C)C(=O)c1ccc2ccc(Cl)cc2n1. The second kappa shape index (κ2) is 6.02. The fraction of sp³-hybridized carbons (Fsp3) is 0.333. The van der Waals surface area contributed by atoms with Crippen LogP contribution in [-0.2, 0) is 0 Å². The maximum atomic E-state index is 12.2. The molecule has 0 aliphatic heterocycles. The van der Waals surface area contributed by atoms with E-state index in [1.54, 1.807) is 17.0 Å². The molecule has 3 nitrogen and oxygen atoms in total. The second-order valence-corrected chi connectivity index (χ2v) is 5.05. The van der Waals surface area contributed by atoms with Crippen LogP contribution >= 0.6 is 11.6 Å². The van der Waals surface area contributed by atoms with Crippen molar-refractivity contribution in [3.8, 4) is 0 Å². The summed E-state index contributed by atoms with van der Waals surface area (Å²) in [6.07, 6.45) is 2.07. The van der Waals surface area contributed by atoms with Crippen LogP contribution in [0.4, 0.5) is 0 Å². The first-order valence-electron chi connectivity index (χ1n) is 6.43. The summed E-state index contributed by atoms with van der Waals surface area (Å²) in [5.74, 6) is -0.0460. The van der Waals surface area contributed by atoms with Crippen LogP contribution in [0.2, 0.25) is 5.02 Å². The third kappa shape index (κ3) is 3.24. The Morgan fingerprint density at radius 3 is 2.79 bits per heavy atom. The maximum Gasteiger partial charge on any atom is 0.272 e. The fourth-order valence-corrected chi connectivity index (χ4v) is 2.07. The molecule has 0 spiro atoms. The van der Waals surface area contributed by atoms with Gasteiger partial charge in [0.2, 0.25) is 0 Å². The van der Waals surface area contributed by atoms with Gasteiger partial charge in [-0.05, 0) is 24.6 Å². The molecule has 1 amide bonds. The smallest absolute Gasteiger partial charge is 0.272 e. The minimum absolute atomic E-state index is 0.0460. The number of carbonyl (C=O) groups is 1. The molecule has 0 bridgehead atoms. The molecule has 1 heterocycles. The molecule has 0 N–H and O–H groups in total. The number of hydrogen-bond donors (Lipinski definition) is 0. The summed E-state index contributed by atoms with van der Waals surface area (Å²) >= 11 is 5.95. The quantitative estimate of drug-likeness (QED) is 0.852. The molecule has 0 aliphatic carbocycles. The van der Waals surface area contributed by atoms with Gasteiger partial charge in [0, 0.05) is 24.0 Å². The van der Waals surface area contributed by atoms with Crippen LogP contribution in [0.1, 0.15) is 30.3 Å². The van der Waals surface area contributed by atoms with Gasteiger partial charge in [-0.2, -0.15) is 0 Å². The van der Waals surface area contributed by atoms with Gasteiger partial charge in [0.15, 0.2) is 0 Å². The summed E-state index contributed by atoms with van der Waals surface area (Å²) in [6, 6.07) is 9.17. The monoisotopic (exact) mass is 276 g/mol. The van der Waals surface area contributed by atoms with Crippen molar-refractivity contribution >= 4 is 28.4 Å². The summed E-state index contributed by atoms with van der Waals surface area (Å²) < 4.78 is 0. The molecule has 100 valence electrons. The zero-order valence-electron chi connectivity index (χ0n) is 11.2. The van der Waals surface area contributed by atoms with Gasteiger partial charge < -0.3 is 4.90 Å². The van der Waals surface area contributed by atoms with Gasteiger partial charge in [0.25, 0.3) is 5.91 Å². The molecule has 1 aromatic heterocycles. The first-order valence-corrected chi connectivity index (χ1v) is 6.81. The lowest BCUT2D eigenvalue weighted by molar-refractivity contribution is 0.0788. The maximum absolute atomic E-state index is 12.2. The fourth-order valence-electron chi connectivity index (χ4n) is 1.90. The van der Waals surface area contributed by atoms with E-state index >= 15 is 0 Å². The van der Waals surface area contributed by atoms with Gasteiger partial charge in [0.05, 0.1) is 5.52 Å². The molecule has 2 aromatic rings. The van der Waals surface area contributed by atoms with Gasteiger partial charge in [0.1, 0.15) is 5.69 Å². The molecule has 1 aromatic carbocycles. The van der Waals surface area contributed by atoms with E-state index in [0.717, 1.165) is 30.3 Å². The number of carbonyl (C=O) groups excluding carboxylic acids is 1. The summed E-state index contributed by atoms with van der Waals surface area (Å²) in [6.45, 7) is 2.86. The van der Waals surface area contributed by atoms with Crippen LogP contribution in [0.3, 0.4) is 0 Å². The molecular weight excluding hydrogens is 260 g/mol. The van der Waals surface area contributed by atoms with Gasteiger partial charge in [-0.25, -0.2) is 4.98 Å². The van der Waals surface area contributed by atoms with E-state index < -0.39 is 0 Å². The van der Waals surface area contributed by atoms with Crippen LogP contribution < -0.4 is 0 Å². The van der Waals surface area contributed by atoms with Crippen molar-refractivity contribution < 1.29 is 4.79 Å². The van der Waals surface area contributed by atoms with Crippen molar-refractivity contribution in [3.05, 3.63) is 41.0 Å². The standard InChI is InChI=1S/C15H17ClN2O/c1-3-4-9-18(2)15(19)13-8-6-11-5-7-12(16)10-14(11)17-13/h5-8,10H,3-4,9H2,1-2H3. The van der Waals surface area contributed by atoms with Crippen molar-refractivity contribution in [2.75, 3.05) is 13.6 Å². The second-order valence-electron chi connectivity index (χ2n) is 4.61. The van der Waals surface area contributed by atoms with E-state index in [9.17, 15) is 4.79 Å². The number of rotatable bonds is 4. The highest BCUT2D eigenvalue weighted by Crippen LogP contribution is 2.18. The van der Waals surface area contributed by atoms with Gasteiger partial charge in [-0.1, -0.05) is 37.1 Å². The summed E-state index contributed by atoms with van der Waals surface area (Å²) in [5, 5.41) is 1.61. The third-order valence-corrected chi connectivity index (χ3v) is 3.30. The highest BCUT2D eigenvalue weighted by Gasteiger charge is 2.13. The van der Waals surface area contributed by atoms with E-state index in [1.165, 1.54) is 0 Å². The zero-order chi connectivity index (χ0) is 13.8. The minimum Gasteiger partial charge on any atom is -0.340 e. The number of fused-ring (bicyclic) bond motifs is 1. The van der Waals surface area contributed by atoms with E-state index in [2.05, 4.69) is 11.9 Å². The van der Waals surface area contributed by atoms with Crippen LogP contribution in [0.15, 0.2) is 30.3 Å². The number of nitrogens with zero attached hydrogens (tertiary/aromatic N) is 2. The highest BCUT2D eigenvalue weighted by molar-refractivity contribution is 6.31. The lowest BCUT2D eigenvalue weighted by Crippen LogP contribution is -2.28. The van der Waals surface area contributed by atoms with Gasteiger partial charge in [-0.15, -0.1) is 0 Å². The molecule has 19 heavy (non-hydrogen) atoms. The average molecular weight is 277 g/mol. The molecule has 0 aliphatic rings. The first-order chi connectivity index (χ1) is 9.11. The van der Waals surface area contributed by atoms with Crippen LogP contribution in [0, 0.1) is 0 Å². The predicted molar refractivity (Wildman–Crippen MR) is 78.6 cm³/mol. The number of halogens is 1. The molecule has 0 unspecified atom stereocenters. The lowest BCUT2D eigenvalue weighted by Gasteiger charge is -2.16. The van der Waals surface area contributed by atoms with Crippen LogP contribution in [-0.4, -0.2) is 29.4 Å². The molecule has 4 heteroatoms. The highest BCUT2D eigenvalue weighted by atomic mass is 35.5. The van der Waals surface area contributed by atoms with E-state index in [0.29, 0.717) is 10.7 Å². The number of amides is 1. The van der Waals surface area contributed by atoms with E-state index in [-0.39, 0.29) is 5.91 Å². The van der Waals surface area contributed by atoms with E-state index in [1.807, 2.05) is 25.2 Å². The largest absolute Gasteiger partial charge is 0.340 e. The summed E-state index contributed by atoms with van der Waals surface area (Å²) in [5.41, 5.74) is 1.22. The van der Waals surface area contributed by atoms with Crippen molar-refractivity contribution in [1.29, 1.82) is 0 Å². The molecule has 0 radical (unpaired) electrons. The predicted octanol–water partition coefficient (Wildman–Crippen LogP) is 3.76. The Bertz CT molecular complexity index is 598. The Kier molecular flexibility index (Phi) is 4.38. The Morgan fingerprint density at radius 1 is 1.32 bits per heavy atom. The number of benzene rings is 1. The topological polar surface area (TPSA) is 33.2 Å². The van der Waals surface area contributed by atoms with Crippen molar-refractivity contribution in [2.45, 2.75) is 19.8 Å². The van der Waals surface area contributed by atoms with Crippen molar-refractivity contribution in [3.63, 3.8) is 0 Å². The van der Waals surface area contributed by atoms with Crippen LogP contribution in [0.5, 0.6) is 0 Å². The molecule has 0 atom stereocenters. The van der Waals surface area contributed by atoms with Crippen molar-refractivity contribution in [2.24, 2.45) is 0 Å². The minimum atomic E-state index is -0.0460. The molecule has 2 rings (SSSR count). The lowest BCUT2D eigenvalue weighted by atomic mass is 10.2.